The number of aromatic nitrogens is 1. The normalized spacial score (nSPS) is 15.5. The Morgan fingerprint density at radius 1 is 1.67 bits per heavy atom. The second-order valence-corrected chi connectivity index (χ2v) is 4.63. The average Bonchev–Trinajstić information content (AvgIpc) is 2.97. The predicted molar refractivity (Wildman–Crippen MR) is 61.8 cm³/mol. The van der Waals surface area contributed by atoms with Crippen molar-refractivity contribution in [3.05, 3.63) is 28.7 Å². The molecular weight excluding hydrogens is 208 g/mol. The average molecular weight is 224 g/mol. The van der Waals surface area contributed by atoms with E-state index >= 15 is 0 Å². The molecule has 0 bridgehead atoms. The molecule has 15 heavy (non-hydrogen) atoms. The van der Waals surface area contributed by atoms with Crippen molar-refractivity contribution in [2.75, 3.05) is 6.61 Å². The van der Waals surface area contributed by atoms with Crippen LogP contribution in [0, 0.1) is 0 Å². The summed E-state index contributed by atoms with van der Waals surface area (Å²) < 4.78 is 5.33. The molecule has 0 unspecified atom stereocenters. The summed E-state index contributed by atoms with van der Waals surface area (Å²) in [6.07, 6.45) is 4.39. The Morgan fingerprint density at radius 3 is 3.27 bits per heavy atom. The van der Waals surface area contributed by atoms with Gasteiger partial charge in [-0.25, -0.2) is 4.98 Å². The molecule has 1 aromatic heterocycles. The summed E-state index contributed by atoms with van der Waals surface area (Å²) in [7, 11) is 0. The quantitative estimate of drug-likeness (QED) is 0.569. The van der Waals surface area contributed by atoms with Crippen LogP contribution in [0.2, 0.25) is 0 Å². The lowest BCUT2D eigenvalue weighted by Gasteiger charge is -1.98. The largest absolute Gasteiger partial charge is 0.371 e. The lowest BCUT2D eigenvalue weighted by atomic mass is 10.5. The van der Waals surface area contributed by atoms with Crippen LogP contribution in [0.25, 0.3) is 0 Å². The van der Waals surface area contributed by atoms with Gasteiger partial charge in [-0.2, -0.15) is 0 Å². The highest BCUT2D eigenvalue weighted by Crippen LogP contribution is 2.20. The molecule has 1 aliphatic rings. The Bertz CT molecular complexity index is 320. The van der Waals surface area contributed by atoms with Crippen LogP contribution in [0.5, 0.6) is 0 Å². The van der Waals surface area contributed by atoms with Gasteiger partial charge in [0.15, 0.2) is 0 Å². The molecule has 0 atom stereocenters. The molecule has 0 spiro atoms. The third kappa shape index (κ3) is 3.74. The molecule has 3 nitrogen and oxygen atoms in total. The van der Waals surface area contributed by atoms with E-state index in [1.807, 2.05) is 0 Å². The topological polar surface area (TPSA) is 34.1 Å². The van der Waals surface area contributed by atoms with Gasteiger partial charge in [-0.1, -0.05) is 6.08 Å². The van der Waals surface area contributed by atoms with Crippen LogP contribution < -0.4 is 5.32 Å². The first kappa shape index (κ1) is 10.8. The Kier molecular flexibility index (Phi) is 3.88. The van der Waals surface area contributed by atoms with Crippen molar-refractivity contribution >= 4 is 11.3 Å². The second-order valence-electron chi connectivity index (χ2n) is 3.69. The number of hydrogen-bond donors (Lipinski definition) is 1. The lowest BCUT2D eigenvalue weighted by Crippen LogP contribution is -2.15. The first-order valence-electron chi connectivity index (χ1n) is 5.24. The third-order valence-corrected chi connectivity index (χ3v) is 3.10. The fourth-order valence-corrected chi connectivity index (χ4v) is 1.99. The van der Waals surface area contributed by atoms with Crippen molar-refractivity contribution in [2.24, 2.45) is 0 Å². The van der Waals surface area contributed by atoms with Crippen LogP contribution in [0.15, 0.2) is 18.0 Å². The zero-order valence-corrected chi connectivity index (χ0v) is 9.55. The van der Waals surface area contributed by atoms with Crippen LogP contribution in [-0.2, 0) is 17.9 Å². The van der Waals surface area contributed by atoms with Crippen LogP contribution in [-0.4, -0.2) is 17.6 Å². The molecular formula is C11H16N2OS. The van der Waals surface area contributed by atoms with Gasteiger partial charge in [0.25, 0.3) is 0 Å². The van der Waals surface area contributed by atoms with Gasteiger partial charge < -0.3 is 10.1 Å². The Hall–Kier alpha value is -0.710. The van der Waals surface area contributed by atoms with Gasteiger partial charge in [0, 0.05) is 18.0 Å². The predicted octanol–water partition coefficient (Wildman–Crippen LogP) is 2.10. The molecule has 1 heterocycles. The Morgan fingerprint density at radius 2 is 2.53 bits per heavy atom. The molecule has 1 N–H and O–H groups in total. The maximum absolute atomic E-state index is 5.33. The van der Waals surface area contributed by atoms with E-state index in [4.69, 9.17) is 4.74 Å². The monoisotopic (exact) mass is 224 g/mol. The summed E-state index contributed by atoms with van der Waals surface area (Å²) in [6, 6.07) is 0.745. The minimum Gasteiger partial charge on any atom is -0.371 e. The van der Waals surface area contributed by atoms with Gasteiger partial charge in [-0.3, -0.25) is 0 Å². The van der Waals surface area contributed by atoms with E-state index < -0.39 is 0 Å². The lowest BCUT2D eigenvalue weighted by molar-refractivity contribution is 0.146. The molecule has 1 fully saturated rings. The molecule has 0 saturated heterocycles. The van der Waals surface area contributed by atoms with Crippen molar-refractivity contribution in [1.29, 1.82) is 0 Å². The van der Waals surface area contributed by atoms with E-state index in [9.17, 15) is 0 Å². The van der Waals surface area contributed by atoms with E-state index in [-0.39, 0.29) is 0 Å². The van der Waals surface area contributed by atoms with Gasteiger partial charge in [0.1, 0.15) is 5.01 Å². The van der Waals surface area contributed by atoms with Gasteiger partial charge in [-0.15, -0.1) is 17.9 Å². The van der Waals surface area contributed by atoms with Crippen LogP contribution >= 0.6 is 11.3 Å². The van der Waals surface area contributed by atoms with Crippen molar-refractivity contribution in [1.82, 2.24) is 10.3 Å². The molecule has 1 aromatic rings. The molecule has 82 valence electrons. The minimum absolute atomic E-state index is 0.589. The van der Waals surface area contributed by atoms with Gasteiger partial charge >= 0.3 is 0 Å². The Labute approximate surface area is 94.2 Å². The maximum Gasteiger partial charge on any atom is 0.107 e. The summed E-state index contributed by atoms with van der Waals surface area (Å²) in [5.41, 5.74) is 1.02. The fourth-order valence-electron chi connectivity index (χ4n) is 1.26. The SMILES string of the molecule is C=CCOCc1csc(CNC2CC2)n1. The number of nitrogens with zero attached hydrogens (tertiary/aromatic N) is 1. The summed E-state index contributed by atoms with van der Waals surface area (Å²) in [5, 5.41) is 6.66. The highest BCUT2D eigenvalue weighted by Gasteiger charge is 2.20. The zero-order valence-electron chi connectivity index (χ0n) is 8.74. The number of ether oxygens (including phenoxy) is 1. The summed E-state index contributed by atoms with van der Waals surface area (Å²) in [4.78, 5) is 4.48. The van der Waals surface area contributed by atoms with Crippen molar-refractivity contribution in [2.45, 2.75) is 32.0 Å². The van der Waals surface area contributed by atoms with E-state index in [0.29, 0.717) is 13.2 Å². The molecule has 0 radical (unpaired) electrons. The zero-order chi connectivity index (χ0) is 10.5. The summed E-state index contributed by atoms with van der Waals surface area (Å²) in [6.45, 7) is 5.68. The van der Waals surface area contributed by atoms with Crippen molar-refractivity contribution < 1.29 is 4.74 Å². The highest BCUT2D eigenvalue weighted by molar-refractivity contribution is 7.09. The molecule has 0 amide bonds. The number of thiazole rings is 1. The van der Waals surface area contributed by atoms with Crippen molar-refractivity contribution in [3.8, 4) is 0 Å². The molecule has 2 rings (SSSR count). The van der Waals surface area contributed by atoms with Crippen LogP contribution in [0.1, 0.15) is 23.5 Å². The van der Waals surface area contributed by atoms with E-state index in [1.165, 1.54) is 12.8 Å². The van der Waals surface area contributed by atoms with Crippen molar-refractivity contribution in [3.63, 3.8) is 0 Å². The van der Waals surface area contributed by atoms with E-state index in [1.54, 1.807) is 17.4 Å². The third-order valence-electron chi connectivity index (χ3n) is 2.20. The standard InChI is InChI=1S/C11H16N2OS/c1-2-5-14-7-10-8-15-11(13-10)6-12-9-3-4-9/h2,8-9,12H,1,3-7H2. The summed E-state index contributed by atoms with van der Waals surface area (Å²) >= 11 is 1.70. The smallest absolute Gasteiger partial charge is 0.107 e. The molecule has 0 aliphatic heterocycles. The van der Waals surface area contributed by atoms with E-state index in [0.717, 1.165) is 23.3 Å². The number of hydrogen-bond acceptors (Lipinski definition) is 4. The Balaban J connectivity index is 1.72. The molecule has 4 heteroatoms. The highest BCUT2D eigenvalue weighted by atomic mass is 32.1. The van der Waals surface area contributed by atoms with Gasteiger partial charge in [-0.05, 0) is 12.8 Å². The first-order chi connectivity index (χ1) is 7.38. The molecule has 1 saturated carbocycles. The summed E-state index contributed by atoms with van der Waals surface area (Å²) in [5.74, 6) is 0. The molecule has 1 aliphatic carbocycles. The van der Waals surface area contributed by atoms with E-state index in [2.05, 4.69) is 22.3 Å². The van der Waals surface area contributed by atoms with Crippen LogP contribution in [0.3, 0.4) is 0 Å². The fraction of sp³-hybridized carbons (Fsp3) is 0.545. The first-order valence-corrected chi connectivity index (χ1v) is 6.12. The number of rotatable bonds is 7. The maximum atomic E-state index is 5.33. The number of nitrogens with one attached hydrogen (secondary N) is 1. The molecule has 0 aromatic carbocycles. The minimum atomic E-state index is 0.589. The van der Waals surface area contributed by atoms with Gasteiger partial charge in [0.2, 0.25) is 0 Å². The second kappa shape index (κ2) is 5.39. The van der Waals surface area contributed by atoms with Gasteiger partial charge in [0.05, 0.1) is 18.9 Å². The van der Waals surface area contributed by atoms with Crippen LogP contribution in [0.4, 0.5) is 0 Å².